The SMILES string of the molecule is O=C(OCc1ccccc1)c1c(I)nc2ccccn12. The summed E-state index contributed by atoms with van der Waals surface area (Å²) in [6.45, 7) is 0.260. The van der Waals surface area contributed by atoms with Gasteiger partial charge >= 0.3 is 5.97 Å². The third kappa shape index (κ3) is 2.53. The second-order valence-electron chi connectivity index (χ2n) is 4.24. The zero-order valence-corrected chi connectivity index (χ0v) is 12.6. The number of ether oxygens (including phenoxy) is 1. The fourth-order valence-corrected chi connectivity index (χ4v) is 2.67. The quantitative estimate of drug-likeness (QED) is 0.519. The summed E-state index contributed by atoms with van der Waals surface area (Å²) in [6, 6.07) is 15.2. The minimum absolute atomic E-state index is 0.260. The number of benzene rings is 1. The van der Waals surface area contributed by atoms with Crippen LogP contribution in [0.4, 0.5) is 0 Å². The number of nitrogens with zero attached hydrogens (tertiary/aromatic N) is 2. The summed E-state index contributed by atoms with van der Waals surface area (Å²) in [5.74, 6) is -0.364. The Morgan fingerprint density at radius 1 is 1.15 bits per heavy atom. The molecule has 20 heavy (non-hydrogen) atoms. The van der Waals surface area contributed by atoms with Gasteiger partial charge in [0.05, 0.1) is 0 Å². The van der Waals surface area contributed by atoms with E-state index in [2.05, 4.69) is 27.6 Å². The van der Waals surface area contributed by atoms with Gasteiger partial charge in [0.25, 0.3) is 0 Å². The predicted molar refractivity (Wildman–Crippen MR) is 83.5 cm³/mol. The first-order valence-electron chi connectivity index (χ1n) is 6.09. The summed E-state index contributed by atoms with van der Waals surface area (Å²) in [5, 5.41) is 0. The van der Waals surface area contributed by atoms with Crippen LogP contribution in [0.1, 0.15) is 16.1 Å². The lowest BCUT2D eigenvalue weighted by atomic mass is 10.2. The summed E-state index contributed by atoms with van der Waals surface area (Å²) in [4.78, 5) is 16.6. The Hall–Kier alpha value is -1.89. The number of imidazole rings is 1. The van der Waals surface area contributed by atoms with Crippen molar-refractivity contribution in [3.8, 4) is 0 Å². The number of rotatable bonds is 3. The van der Waals surface area contributed by atoms with E-state index in [9.17, 15) is 4.79 Å². The van der Waals surface area contributed by atoms with Crippen LogP contribution in [0.2, 0.25) is 0 Å². The summed E-state index contributed by atoms with van der Waals surface area (Å²) < 4.78 is 7.75. The third-order valence-corrected chi connectivity index (χ3v) is 3.65. The maximum atomic E-state index is 12.2. The van der Waals surface area contributed by atoms with E-state index in [1.54, 1.807) is 4.40 Å². The van der Waals surface area contributed by atoms with Gasteiger partial charge in [0, 0.05) is 6.20 Å². The topological polar surface area (TPSA) is 43.6 Å². The Morgan fingerprint density at radius 3 is 2.70 bits per heavy atom. The molecule has 0 fully saturated rings. The van der Waals surface area contributed by atoms with Crippen LogP contribution in [0.15, 0.2) is 54.7 Å². The van der Waals surface area contributed by atoms with Gasteiger partial charge in [-0.1, -0.05) is 36.4 Å². The summed E-state index contributed by atoms with van der Waals surface area (Å²) in [6.07, 6.45) is 1.81. The first-order valence-corrected chi connectivity index (χ1v) is 7.17. The molecule has 0 saturated carbocycles. The van der Waals surface area contributed by atoms with Crippen LogP contribution < -0.4 is 0 Å². The Morgan fingerprint density at radius 2 is 1.90 bits per heavy atom. The monoisotopic (exact) mass is 378 g/mol. The Labute approximate surface area is 129 Å². The predicted octanol–water partition coefficient (Wildman–Crippen LogP) is 3.30. The number of carbonyl (C=O) groups excluding carboxylic acids is 1. The number of hydrogen-bond acceptors (Lipinski definition) is 3. The number of aromatic nitrogens is 2. The molecule has 0 radical (unpaired) electrons. The number of esters is 1. The molecule has 1 aromatic carbocycles. The van der Waals surface area contributed by atoms with Crippen molar-refractivity contribution in [1.29, 1.82) is 0 Å². The largest absolute Gasteiger partial charge is 0.456 e. The van der Waals surface area contributed by atoms with Crippen LogP contribution in [0.5, 0.6) is 0 Å². The van der Waals surface area contributed by atoms with Gasteiger partial charge in [0.1, 0.15) is 16.0 Å². The van der Waals surface area contributed by atoms with Crippen LogP contribution in [0.25, 0.3) is 5.65 Å². The Bertz CT molecular complexity index is 753. The van der Waals surface area contributed by atoms with E-state index < -0.39 is 0 Å². The Balaban J connectivity index is 1.84. The van der Waals surface area contributed by atoms with E-state index >= 15 is 0 Å². The average Bonchev–Trinajstić information content (AvgIpc) is 2.82. The molecule has 4 nitrogen and oxygen atoms in total. The smallest absolute Gasteiger partial charge is 0.358 e. The Kier molecular flexibility index (Phi) is 3.68. The van der Waals surface area contributed by atoms with E-state index in [4.69, 9.17) is 4.74 Å². The molecule has 100 valence electrons. The van der Waals surface area contributed by atoms with E-state index in [0.717, 1.165) is 11.2 Å². The van der Waals surface area contributed by atoms with E-state index in [1.165, 1.54) is 0 Å². The van der Waals surface area contributed by atoms with Gasteiger partial charge in [0.15, 0.2) is 5.69 Å². The zero-order valence-electron chi connectivity index (χ0n) is 10.5. The van der Waals surface area contributed by atoms with Gasteiger partial charge in [-0.25, -0.2) is 9.78 Å². The van der Waals surface area contributed by atoms with E-state index in [1.807, 2.05) is 54.7 Å². The lowest BCUT2D eigenvalue weighted by Crippen LogP contribution is -2.09. The minimum atomic E-state index is -0.364. The molecule has 5 heteroatoms. The number of hydrogen-bond donors (Lipinski definition) is 0. The first-order chi connectivity index (χ1) is 9.75. The number of pyridine rings is 1. The highest BCUT2D eigenvalue weighted by molar-refractivity contribution is 14.1. The van der Waals surface area contributed by atoms with Gasteiger partial charge < -0.3 is 4.74 Å². The molecule has 3 aromatic rings. The molecule has 0 aliphatic rings. The molecule has 0 N–H and O–H groups in total. The lowest BCUT2D eigenvalue weighted by Gasteiger charge is -2.05. The first kappa shape index (κ1) is 13.1. The summed E-state index contributed by atoms with van der Waals surface area (Å²) in [7, 11) is 0. The number of halogens is 1. The molecular weight excluding hydrogens is 367 g/mol. The average molecular weight is 378 g/mol. The molecule has 0 bridgehead atoms. The van der Waals surface area contributed by atoms with Crippen molar-refractivity contribution in [1.82, 2.24) is 9.38 Å². The second kappa shape index (κ2) is 5.62. The third-order valence-electron chi connectivity index (χ3n) is 2.89. The normalized spacial score (nSPS) is 10.7. The lowest BCUT2D eigenvalue weighted by molar-refractivity contribution is 0.0463. The van der Waals surface area contributed by atoms with Crippen LogP contribution >= 0.6 is 22.6 Å². The maximum absolute atomic E-state index is 12.2. The van der Waals surface area contributed by atoms with Crippen molar-refractivity contribution < 1.29 is 9.53 Å². The molecule has 2 heterocycles. The van der Waals surface area contributed by atoms with Gasteiger partial charge in [-0.3, -0.25) is 4.40 Å². The standard InChI is InChI=1S/C15H11IN2O2/c16-14-13(18-9-5-4-8-12(18)17-14)15(19)20-10-11-6-2-1-3-7-11/h1-9H,10H2. The number of carbonyl (C=O) groups is 1. The summed E-state index contributed by atoms with van der Waals surface area (Å²) >= 11 is 2.05. The van der Waals surface area contributed by atoms with Crippen LogP contribution in [-0.2, 0) is 11.3 Å². The number of fused-ring (bicyclic) bond motifs is 1. The van der Waals surface area contributed by atoms with Crippen molar-refractivity contribution in [2.24, 2.45) is 0 Å². The molecule has 0 aliphatic heterocycles. The highest BCUT2D eigenvalue weighted by atomic mass is 127. The molecule has 0 amide bonds. The molecular formula is C15H11IN2O2. The van der Waals surface area contributed by atoms with E-state index in [0.29, 0.717) is 9.39 Å². The van der Waals surface area contributed by atoms with Gasteiger partial charge in [-0.2, -0.15) is 0 Å². The van der Waals surface area contributed by atoms with E-state index in [-0.39, 0.29) is 12.6 Å². The summed E-state index contributed by atoms with van der Waals surface area (Å²) in [5.41, 5.74) is 2.17. The van der Waals surface area contributed by atoms with Crippen LogP contribution in [0, 0.1) is 3.70 Å². The van der Waals surface area contributed by atoms with Crippen molar-refractivity contribution in [2.75, 3.05) is 0 Å². The molecule has 2 aromatic heterocycles. The van der Waals surface area contributed by atoms with Gasteiger partial charge in [0.2, 0.25) is 0 Å². The molecule has 0 unspecified atom stereocenters. The minimum Gasteiger partial charge on any atom is -0.456 e. The molecule has 3 rings (SSSR count). The van der Waals surface area contributed by atoms with Gasteiger partial charge in [-0.15, -0.1) is 0 Å². The van der Waals surface area contributed by atoms with Crippen LogP contribution in [0.3, 0.4) is 0 Å². The van der Waals surface area contributed by atoms with Crippen molar-refractivity contribution in [3.63, 3.8) is 0 Å². The maximum Gasteiger partial charge on any atom is 0.358 e. The molecule has 0 saturated heterocycles. The van der Waals surface area contributed by atoms with Crippen molar-refractivity contribution in [2.45, 2.75) is 6.61 Å². The highest BCUT2D eigenvalue weighted by Gasteiger charge is 2.18. The second-order valence-corrected chi connectivity index (χ2v) is 5.26. The molecule has 0 spiro atoms. The molecule has 0 aliphatic carbocycles. The van der Waals surface area contributed by atoms with Crippen LogP contribution in [-0.4, -0.2) is 15.4 Å². The van der Waals surface area contributed by atoms with Crippen molar-refractivity contribution in [3.05, 3.63) is 69.7 Å². The zero-order chi connectivity index (χ0) is 13.9. The fourth-order valence-electron chi connectivity index (χ4n) is 1.94. The fraction of sp³-hybridized carbons (Fsp3) is 0.0667. The van der Waals surface area contributed by atoms with Crippen molar-refractivity contribution >= 4 is 34.2 Å². The molecule has 0 atom stereocenters. The highest BCUT2D eigenvalue weighted by Crippen LogP contribution is 2.16. The van der Waals surface area contributed by atoms with Gasteiger partial charge in [-0.05, 0) is 40.3 Å².